The number of imidazole rings is 1. The number of nitrogens with one attached hydrogen (secondary N) is 1. The number of anilines is 1. The molecule has 32 heavy (non-hydrogen) atoms. The Bertz CT molecular complexity index is 1230. The molecule has 1 aliphatic heterocycles. The van der Waals surface area contributed by atoms with Gasteiger partial charge in [0.25, 0.3) is 5.56 Å². The predicted molar refractivity (Wildman–Crippen MR) is 124 cm³/mol. The molecule has 0 unspecified atom stereocenters. The van der Waals surface area contributed by atoms with Gasteiger partial charge in [-0.15, -0.1) is 0 Å². The Hall–Kier alpha value is -3.07. The summed E-state index contributed by atoms with van der Waals surface area (Å²) in [4.78, 5) is 33.8. The number of hydrogen-bond acceptors (Lipinski definition) is 6. The summed E-state index contributed by atoms with van der Waals surface area (Å²) in [6.45, 7) is 8.06. The third-order valence-electron chi connectivity index (χ3n) is 5.99. The lowest BCUT2D eigenvalue weighted by Gasteiger charge is -2.21. The molecule has 9 nitrogen and oxygen atoms in total. The van der Waals surface area contributed by atoms with Gasteiger partial charge in [-0.2, -0.15) is 4.98 Å². The molecule has 0 radical (unpaired) electrons. The molecule has 4 rings (SSSR count). The molecule has 2 N–H and O–H groups in total. The van der Waals surface area contributed by atoms with Crippen molar-refractivity contribution in [3.05, 3.63) is 50.2 Å². The molecule has 0 spiro atoms. The van der Waals surface area contributed by atoms with Crippen molar-refractivity contribution in [3.8, 4) is 5.75 Å². The minimum Gasteiger partial charge on any atom is -0.491 e. The molecule has 0 saturated carbocycles. The molecule has 1 aliphatic rings. The van der Waals surface area contributed by atoms with Crippen LogP contribution in [0.4, 0.5) is 5.95 Å². The summed E-state index contributed by atoms with van der Waals surface area (Å²) in [5.74, 6) is 1.65. The molecule has 0 aliphatic carbocycles. The van der Waals surface area contributed by atoms with Crippen molar-refractivity contribution >= 4 is 17.1 Å². The fourth-order valence-electron chi connectivity index (χ4n) is 4.25. The van der Waals surface area contributed by atoms with Crippen LogP contribution in [0.3, 0.4) is 0 Å². The summed E-state index contributed by atoms with van der Waals surface area (Å²) in [6, 6.07) is 6.08. The first kappa shape index (κ1) is 22.1. The van der Waals surface area contributed by atoms with Gasteiger partial charge < -0.3 is 19.3 Å². The van der Waals surface area contributed by atoms with Crippen molar-refractivity contribution in [2.75, 3.05) is 24.6 Å². The summed E-state index contributed by atoms with van der Waals surface area (Å²) in [6.07, 6.45) is 1.20. The van der Waals surface area contributed by atoms with Crippen LogP contribution >= 0.6 is 0 Å². The first-order chi connectivity index (χ1) is 15.3. The Labute approximate surface area is 186 Å². The lowest BCUT2D eigenvalue weighted by Crippen LogP contribution is -2.31. The van der Waals surface area contributed by atoms with Gasteiger partial charge in [-0.3, -0.25) is 14.3 Å². The van der Waals surface area contributed by atoms with Crippen molar-refractivity contribution in [1.29, 1.82) is 0 Å². The van der Waals surface area contributed by atoms with E-state index in [1.54, 1.807) is 11.6 Å². The zero-order chi connectivity index (χ0) is 23.0. The van der Waals surface area contributed by atoms with Crippen molar-refractivity contribution in [1.82, 2.24) is 19.1 Å². The molecule has 1 saturated heterocycles. The third-order valence-corrected chi connectivity index (χ3v) is 5.99. The molecule has 1 aromatic carbocycles. The fraction of sp³-hybridized carbons (Fsp3) is 0.522. The largest absolute Gasteiger partial charge is 0.491 e. The Kier molecular flexibility index (Phi) is 6.10. The van der Waals surface area contributed by atoms with Crippen LogP contribution in [0.1, 0.15) is 43.7 Å². The summed E-state index contributed by atoms with van der Waals surface area (Å²) in [5.41, 5.74) is 1.75. The van der Waals surface area contributed by atoms with Crippen molar-refractivity contribution < 1.29 is 9.84 Å². The van der Waals surface area contributed by atoms with Gasteiger partial charge in [-0.05, 0) is 42.9 Å². The minimum absolute atomic E-state index is 0.0754. The van der Waals surface area contributed by atoms with E-state index in [9.17, 15) is 14.7 Å². The van der Waals surface area contributed by atoms with Gasteiger partial charge in [0.2, 0.25) is 5.95 Å². The summed E-state index contributed by atoms with van der Waals surface area (Å²) in [7, 11) is 1.58. The monoisotopic (exact) mass is 441 g/mol. The minimum atomic E-state index is -0.870. The molecule has 0 amide bonds. The van der Waals surface area contributed by atoms with Crippen LogP contribution in [-0.4, -0.2) is 50.0 Å². The van der Waals surface area contributed by atoms with E-state index < -0.39 is 17.4 Å². The number of aromatic amines is 1. The fourth-order valence-corrected chi connectivity index (χ4v) is 4.25. The van der Waals surface area contributed by atoms with E-state index in [-0.39, 0.29) is 18.7 Å². The molecule has 9 heteroatoms. The van der Waals surface area contributed by atoms with Crippen molar-refractivity contribution in [2.24, 2.45) is 7.05 Å². The number of benzene rings is 1. The number of hydrogen-bond donors (Lipinski definition) is 2. The van der Waals surface area contributed by atoms with Crippen LogP contribution in [0.15, 0.2) is 27.8 Å². The van der Waals surface area contributed by atoms with Crippen molar-refractivity contribution in [2.45, 2.75) is 52.2 Å². The number of nitrogens with zero attached hydrogens (tertiary/aromatic N) is 4. The second-order valence-electron chi connectivity index (χ2n) is 8.87. The molecule has 172 valence electrons. The van der Waals surface area contributed by atoms with Crippen molar-refractivity contribution in [3.63, 3.8) is 0 Å². The Balaban J connectivity index is 1.64. The van der Waals surface area contributed by atoms with E-state index in [4.69, 9.17) is 4.74 Å². The Morgan fingerprint density at radius 2 is 1.94 bits per heavy atom. The molecule has 2 aromatic heterocycles. The number of aliphatic hydroxyl groups is 1. The highest BCUT2D eigenvalue weighted by molar-refractivity contribution is 5.74. The molecule has 1 atom stereocenters. The summed E-state index contributed by atoms with van der Waals surface area (Å²) in [5, 5.41) is 10.8. The second-order valence-corrected chi connectivity index (χ2v) is 8.87. The number of aryl methyl sites for hydroxylation is 2. The molecular formula is C23H31N5O4. The zero-order valence-corrected chi connectivity index (χ0v) is 19.1. The Morgan fingerprint density at radius 3 is 2.62 bits per heavy atom. The highest BCUT2D eigenvalue weighted by atomic mass is 16.5. The number of aliphatic hydroxyl groups excluding tert-OH is 1. The van der Waals surface area contributed by atoms with E-state index in [1.165, 1.54) is 4.57 Å². The van der Waals surface area contributed by atoms with E-state index in [2.05, 4.69) is 40.8 Å². The average Bonchev–Trinajstić information content (AvgIpc) is 3.38. The van der Waals surface area contributed by atoms with Gasteiger partial charge in [0.1, 0.15) is 18.5 Å². The average molecular weight is 442 g/mol. The highest BCUT2D eigenvalue weighted by Crippen LogP contribution is 2.28. The van der Waals surface area contributed by atoms with E-state index in [0.29, 0.717) is 17.5 Å². The number of aromatic nitrogens is 4. The second kappa shape index (κ2) is 8.82. The van der Waals surface area contributed by atoms with E-state index in [1.807, 2.05) is 13.0 Å². The van der Waals surface area contributed by atoms with Crippen LogP contribution < -0.4 is 20.9 Å². The molecule has 1 fully saturated rings. The highest BCUT2D eigenvalue weighted by Gasteiger charge is 2.25. The maximum Gasteiger partial charge on any atom is 0.329 e. The maximum atomic E-state index is 12.7. The van der Waals surface area contributed by atoms with Gasteiger partial charge in [0.15, 0.2) is 11.2 Å². The van der Waals surface area contributed by atoms with Gasteiger partial charge in [-0.1, -0.05) is 26.0 Å². The molecule has 0 bridgehead atoms. The van der Waals surface area contributed by atoms with Crippen LogP contribution in [0.25, 0.3) is 11.2 Å². The summed E-state index contributed by atoms with van der Waals surface area (Å²) < 4.78 is 9.05. The first-order valence-electron chi connectivity index (χ1n) is 11.1. The van der Waals surface area contributed by atoms with Gasteiger partial charge >= 0.3 is 5.69 Å². The molecule has 3 aromatic rings. The molecular weight excluding hydrogens is 410 g/mol. The van der Waals surface area contributed by atoms with Crippen LogP contribution in [-0.2, 0) is 13.6 Å². The lowest BCUT2D eigenvalue weighted by molar-refractivity contribution is 0.0930. The van der Waals surface area contributed by atoms with Gasteiger partial charge in [-0.25, -0.2) is 4.79 Å². The van der Waals surface area contributed by atoms with Crippen LogP contribution in [0.5, 0.6) is 5.75 Å². The van der Waals surface area contributed by atoms with Crippen LogP contribution in [0.2, 0.25) is 0 Å². The zero-order valence-electron chi connectivity index (χ0n) is 19.1. The van der Waals surface area contributed by atoms with Crippen LogP contribution in [0, 0.1) is 6.92 Å². The maximum absolute atomic E-state index is 12.7. The predicted octanol–water partition coefficient (Wildman–Crippen LogP) is 1.90. The van der Waals surface area contributed by atoms with E-state index in [0.717, 1.165) is 42.8 Å². The third kappa shape index (κ3) is 4.17. The normalized spacial score (nSPS) is 15.1. The lowest BCUT2D eigenvalue weighted by atomic mass is 10.0. The summed E-state index contributed by atoms with van der Waals surface area (Å²) >= 11 is 0. The number of ether oxygens (including phenoxy) is 1. The topological polar surface area (TPSA) is 105 Å². The quantitative estimate of drug-likeness (QED) is 0.580. The number of rotatable bonds is 7. The molecule has 3 heterocycles. The first-order valence-corrected chi connectivity index (χ1v) is 11.1. The smallest absolute Gasteiger partial charge is 0.329 e. The van der Waals surface area contributed by atoms with Gasteiger partial charge in [0, 0.05) is 20.1 Å². The number of fused-ring (bicyclic) bond motifs is 1. The standard InChI is InChI=1S/C23H31N5O4/c1-14(2)17-8-7-15(3)11-18(17)32-13-16(29)12-28-19-20(26(4)23(31)25-21(19)30)24-22(28)27-9-5-6-10-27/h7-8,11,14,16,29H,5-6,9-10,12-13H2,1-4H3,(H,25,30,31)/t16-/m1/s1. The van der Waals surface area contributed by atoms with E-state index >= 15 is 0 Å². The number of H-pyrrole nitrogens is 1. The van der Waals surface area contributed by atoms with Gasteiger partial charge in [0.05, 0.1) is 6.54 Å². The Morgan fingerprint density at radius 1 is 1.22 bits per heavy atom. The SMILES string of the molecule is Cc1ccc(C(C)C)c(OC[C@H](O)Cn2c(N3CCCC3)nc3c2c(=O)[nH]c(=O)n3C)c1.